The maximum absolute atomic E-state index is 8.76. The molecule has 2 heterocycles. The van der Waals surface area contributed by atoms with E-state index < -0.39 is 6.04 Å². The number of hydrogen-bond acceptors (Lipinski definition) is 7. The maximum atomic E-state index is 8.76. The van der Waals surface area contributed by atoms with Gasteiger partial charge in [-0.05, 0) is 6.42 Å². The number of nitrogens with zero attached hydrogens (tertiary/aromatic N) is 2. The van der Waals surface area contributed by atoms with Gasteiger partial charge >= 0.3 is 0 Å². The Kier molecular flexibility index (Phi) is 4.16. The molecule has 1 aromatic rings. The van der Waals surface area contributed by atoms with Crippen molar-refractivity contribution in [2.45, 2.75) is 18.6 Å². The molecule has 1 aliphatic heterocycles. The summed E-state index contributed by atoms with van der Waals surface area (Å²) in [7, 11) is 0. The molecule has 1 aromatic heterocycles. The van der Waals surface area contributed by atoms with Crippen LogP contribution in [0.4, 0.5) is 0 Å². The van der Waals surface area contributed by atoms with Crippen LogP contribution < -0.4 is 5.73 Å². The van der Waals surface area contributed by atoms with Crippen molar-refractivity contribution in [2.24, 2.45) is 5.73 Å². The van der Waals surface area contributed by atoms with Crippen LogP contribution in [-0.2, 0) is 4.74 Å². The first kappa shape index (κ1) is 11.8. The fourth-order valence-corrected chi connectivity index (χ4v) is 2.27. The molecule has 0 spiro atoms. The SMILES string of the molecule is NC(CCO)c1nc(C2CSCCO2)no1. The Morgan fingerprint density at radius 1 is 1.62 bits per heavy atom. The zero-order valence-electron chi connectivity index (χ0n) is 8.83. The maximum Gasteiger partial charge on any atom is 0.243 e. The standard InChI is InChI=1S/C9H15N3O3S/c10-6(1-2-13)9-11-8(12-15-9)7-5-16-4-3-14-7/h6-7,13H,1-5,10H2. The van der Waals surface area contributed by atoms with Gasteiger partial charge in [-0.1, -0.05) is 5.16 Å². The van der Waals surface area contributed by atoms with Crippen LogP contribution in [0.15, 0.2) is 4.52 Å². The summed E-state index contributed by atoms with van der Waals surface area (Å²) in [6.07, 6.45) is 0.319. The van der Waals surface area contributed by atoms with Gasteiger partial charge in [0, 0.05) is 18.1 Å². The van der Waals surface area contributed by atoms with Crippen molar-refractivity contribution in [3.8, 4) is 0 Å². The first-order chi connectivity index (χ1) is 7.81. The van der Waals surface area contributed by atoms with Crippen LogP contribution >= 0.6 is 11.8 Å². The van der Waals surface area contributed by atoms with Crippen molar-refractivity contribution in [2.75, 3.05) is 24.7 Å². The minimum Gasteiger partial charge on any atom is -0.396 e. The number of aromatic nitrogens is 2. The Morgan fingerprint density at radius 2 is 2.50 bits per heavy atom. The summed E-state index contributed by atoms with van der Waals surface area (Å²) in [5, 5.41) is 12.6. The van der Waals surface area contributed by atoms with Gasteiger partial charge in [0.1, 0.15) is 6.10 Å². The van der Waals surface area contributed by atoms with Crippen LogP contribution in [0, 0.1) is 0 Å². The van der Waals surface area contributed by atoms with Gasteiger partial charge in [-0.25, -0.2) is 0 Å². The van der Waals surface area contributed by atoms with Crippen molar-refractivity contribution in [1.29, 1.82) is 0 Å². The smallest absolute Gasteiger partial charge is 0.243 e. The third-order valence-electron chi connectivity index (χ3n) is 2.32. The zero-order chi connectivity index (χ0) is 11.4. The highest BCUT2D eigenvalue weighted by atomic mass is 32.2. The average molecular weight is 245 g/mol. The monoisotopic (exact) mass is 245 g/mol. The van der Waals surface area contributed by atoms with Crippen LogP contribution in [0.3, 0.4) is 0 Å². The molecule has 2 rings (SSSR count). The number of thioether (sulfide) groups is 1. The number of rotatable bonds is 4. The van der Waals surface area contributed by atoms with Crippen LogP contribution in [0.25, 0.3) is 0 Å². The molecule has 0 amide bonds. The molecule has 1 aliphatic rings. The molecule has 90 valence electrons. The van der Waals surface area contributed by atoms with Crippen molar-refractivity contribution in [3.63, 3.8) is 0 Å². The van der Waals surface area contributed by atoms with Crippen molar-refractivity contribution in [1.82, 2.24) is 10.1 Å². The summed E-state index contributed by atoms with van der Waals surface area (Å²) in [6, 6.07) is -0.400. The summed E-state index contributed by atoms with van der Waals surface area (Å²) in [5.41, 5.74) is 5.75. The second-order valence-corrected chi connectivity index (χ2v) is 4.69. The third kappa shape index (κ3) is 2.73. The largest absolute Gasteiger partial charge is 0.396 e. The van der Waals surface area contributed by atoms with Crippen LogP contribution in [-0.4, -0.2) is 40.0 Å². The van der Waals surface area contributed by atoms with E-state index >= 15 is 0 Å². The number of hydrogen-bond donors (Lipinski definition) is 2. The lowest BCUT2D eigenvalue weighted by Crippen LogP contribution is -2.17. The number of nitrogens with two attached hydrogens (primary N) is 1. The number of aliphatic hydroxyl groups excluding tert-OH is 1. The van der Waals surface area contributed by atoms with Gasteiger partial charge in [0.25, 0.3) is 0 Å². The first-order valence-corrected chi connectivity index (χ1v) is 6.36. The molecule has 2 atom stereocenters. The van der Waals surface area contributed by atoms with Gasteiger partial charge in [0.15, 0.2) is 0 Å². The second-order valence-electron chi connectivity index (χ2n) is 3.54. The minimum absolute atomic E-state index is 0.00859. The van der Waals surface area contributed by atoms with Crippen molar-refractivity contribution < 1.29 is 14.4 Å². The van der Waals surface area contributed by atoms with Crippen LogP contribution in [0.5, 0.6) is 0 Å². The van der Waals surface area contributed by atoms with E-state index in [1.807, 2.05) is 11.8 Å². The minimum atomic E-state index is -0.400. The van der Waals surface area contributed by atoms with E-state index in [9.17, 15) is 0 Å². The van der Waals surface area contributed by atoms with E-state index in [-0.39, 0.29) is 12.7 Å². The summed E-state index contributed by atoms with van der Waals surface area (Å²) in [6.45, 7) is 0.719. The molecular formula is C9H15N3O3S. The lowest BCUT2D eigenvalue weighted by molar-refractivity contribution is 0.0677. The zero-order valence-corrected chi connectivity index (χ0v) is 9.65. The van der Waals surface area contributed by atoms with Crippen molar-refractivity contribution in [3.05, 3.63) is 11.7 Å². The Balaban J connectivity index is 2.00. The van der Waals surface area contributed by atoms with E-state index in [4.69, 9.17) is 20.1 Å². The van der Waals surface area contributed by atoms with E-state index in [0.717, 1.165) is 11.5 Å². The van der Waals surface area contributed by atoms with Gasteiger partial charge in [-0.15, -0.1) is 0 Å². The van der Waals surface area contributed by atoms with Crippen LogP contribution in [0.1, 0.15) is 30.3 Å². The molecule has 0 radical (unpaired) electrons. The molecule has 0 aliphatic carbocycles. The molecule has 16 heavy (non-hydrogen) atoms. The summed E-state index contributed by atoms with van der Waals surface area (Å²) >= 11 is 1.81. The lowest BCUT2D eigenvalue weighted by Gasteiger charge is -2.18. The molecule has 0 bridgehead atoms. The molecular weight excluding hydrogens is 230 g/mol. The summed E-state index contributed by atoms with van der Waals surface area (Å²) < 4.78 is 10.6. The van der Waals surface area contributed by atoms with Gasteiger partial charge in [0.05, 0.1) is 12.6 Å². The number of ether oxygens (including phenoxy) is 1. The van der Waals surface area contributed by atoms with Gasteiger partial charge in [0.2, 0.25) is 11.7 Å². The Morgan fingerprint density at radius 3 is 3.19 bits per heavy atom. The first-order valence-electron chi connectivity index (χ1n) is 5.20. The van der Waals surface area contributed by atoms with Crippen molar-refractivity contribution >= 4 is 11.8 Å². The Labute approximate surface area is 97.5 Å². The highest BCUT2D eigenvalue weighted by molar-refractivity contribution is 7.99. The molecule has 3 N–H and O–H groups in total. The highest BCUT2D eigenvalue weighted by Crippen LogP contribution is 2.25. The van der Waals surface area contributed by atoms with E-state index in [1.54, 1.807) is 0 Å². The fraction of sp³-hybridized carbons (Fsp3) is 0.778. The molecule has 2 unspecified atom stereocenters. The second kappa shape index (κ2) is 5.62. The Hall–Kier alpha value is -0.630. The molecule has 0 aromatic carbocycles. The molecule has 6 nitrogen and oxygen atoms in total. The molecule has 1 saturated heterocycles. The van der Waals surface area contributed by atoms with Gasteiger partial charge in [-0.3, -0.25) is 0 Å². The molecule has 1 fully saturated rings. The number of aliphatic hydroxyl groups is 1. The van der Waals surface area contributed by atoms with E-state index in [2.05, 4.69) is 10.1 Å². The predicted octanol–water partition coefficient (Wildman–Crippen LogP) is 0.256. The van der Waals surface area contributed by atoms with Gasteiger partial charge < -0.3 is 20.1 Å². The lowest BCUT2D eigenvalue weighted by atomic mass is 10.2. The average Bonchev–Trinajstić information content (AvgIpc) is 2.80. The van der Waals surface area contributed by atoms with E-state index in [0.29, 0.717) is 24.7 Å². The van der Waals surface area contributed by atoms with Crippen LogP contribution in [0.2, 0.25) is 0 Å². The molecule has 7 heteroatoms. The van der Waals surface area contributed by atoms with E-state index in [1.165, 1.54) is 0 Å². The predicted molar refractivity (Wildman–Crippen MR) is 58.9 cm³/mol. The van der Waals surface area contributed by atoms with Gasteiger partial charge in [-0.2, -0.15) is 16.7 Å². The normalized spacial score (nSPS) is 23.2. The highest BCUT2D eigenvalue weighted by Gasteiger charge is 2.23. The summed E-state index contributed by atoms with van der Waals surface area (Å²) in [5.74, 6) is 2.76. The summed E-state index contributed by atoms with van der Waals surface area (Å²) in [4.78, 5) is 4.20. The third-order valence-corrected chi connectivity index (χ3v) is 3.31. The molecule has 0 saturated carbocycles. The Bertz CT molecular complexity index is 328. The quantitative estimate of drug-likeness (QED) is 0.785. The topological polar surface area (TPSA) is 94.4 Å². The fourth-order valence-electron chi connectivity index (χ4n) is 1.43.